The molecule has 3 unspecified atom stereocenters. The number of amides is 3. The van der Waals surface area contributed by atoms with Crippen LogP contribution in [0.4, 0.5) is 10.7 Å². The quantitative estimate of drug-likeness (QED) is 0.641. The molecule has 9 heteroatoms. The molecule has 0 aliphatic carbocycles. The van der Waals surface area contributed by atoms with Crippen LogP contribution in [0, 0.1) is 11.8 Å². The highest BCUT2D eigenvalue weighted by atomic mass is 16.4. The lowest BCUT2D eigenvalue weighted by Crippen LogP contribution is -2.57. The SMILES string of the molecule is CCC(C)C(NC(=O)N1CCn2c1nc1ccccc12)C(=O)NC(C(=O)O)C(C)C. The smallest absolute Gasteiger partial charge is 0.326 e. The van der Waals surface area contributed by atoms with Crippen molar-refractivity contribution >= 4 is 34.9 Å². The first kappa shape index (κ1) is 21.6. The van der Waals surface area contributed by atoms with E-state index >= 15 is 0 Å². The Morgan fingerprint density at radius 1 is 1.10 bits per heavy atom. The third-order valence-corrected chi connectivity index (χ3v) is 5.67. The molecule has 3 rings (SSSR count). The summed E-state index contributed by atoms with van der Waals surface area (Å²) in [6.45, 7) is 8.31. The second kappa shape index (κ2) is 8.73. The van der Waals surface area contributed by atoms with E-state index in [4.69, 9.17) is 0 Å². The van der Waals surface area contributed by atoms with Gasteiger partial charge >= 0.3 is 12.0 Å². The minimum absolute atomic E-state index is 0.169. The van der Waals surface area contributed by atoms with Crippen LogP contribution < -0.4 is 15.5 Å². The topological polar surface area (TPSA) is 117 Å². The third kappa shape index (κ3) is 4.10. The molecule has 9 nitrogen and oxygen atoms in total. The Kier molecular flexibility index (Phi) is 6.28. The fourth-order valence-corrected chi connectivity index (χ4v) is 3.65. The average molecular weight is 415 g/mol. The molecule has 2 aromatic rings. The van der Waals surface area contributed by atoms with Crippen molar-refractivity contribution < 1.29 is 19.5 Å². The maximum Gasteiger partial charge on any atom is 0.326 e. The Labute approximate surface area is 175 Å². The fraction of sp³-hybridized carbons (Fsp3) is 0.524. The highest BCUT2D eigenvalue weighted by molar-refractivity contribution is 5.97. The van der Waals surface area contributed by atoms with Crippen LogP contribution in [0.3, 0.4) is 0 Å². The number of urea groups is 1. The van der Waals surface area contributed by atoms with Gasteiger partial charge in [0, 0.05) is 13.1 Å². The zero-order chi connectivity index (χ0) is 22.0. The summed E-state index contributed by atoms with van der Waals surface area (Å²) in [4.78, 5) is 43.5. The van der Waals surface area contributed by atoms with Gasteiger partial charge in [0.15, 0.2) is 0 Å². The summed E-state index contributed by atoms with van der Waals surface area (Å²) in [7, 11) is 0. The predicted molar refractivity (Wildman–Crippen MR) is 113 cm³/mol. The molecule has 0 radical (unpaired) electrons. The van der Waals surface area contributed by atoms with E-state index in [1.165, 1.54) is 4.90 Å². The number of nitrogens with one attached hydrogen (secondary N) is 2. The third-order valence-electron chi connectivity index (χ3n) is 5.67. The van der Waals surface area contributed by atoms with Gasteiger partial charge in [0.05, 0.1) is 11.0 Å². The summed E-state index contributed by atoms with van der Waals surface area (Å²) in [5.41, 5.74) is 1.77. The van der Waals surface area contributed by atoms with Crippen molar-refractivity contribution in [2.24, 2.45) is 11.8 Å². The van der Waals surface area contributed by atoms with Crippen LogP contribution in [0.2, 0.25) is 0 Å². The number of carbonyl (C=O) groups excluding carboxylic acids is 2. The highest BCUT2D eigenvalue weighted by Gasteiger charge is 2.34. The van der Waals surface area contributed by atoms with E-state index in [9.17, 15) is 19.5 Å². The summed E-state index contributed by atoms with van der Waals surface area (Å²) in [5, 5.41) is 14.8. The van der Waals surface area contributed by atoms with Crippen LogP contribution >= 0.6 is 0 Å². The van der Waals surface area contributed by atoms with Crippen molar-refractivity contribution in [3.8, 4) is 0 Å². The molecule has 3 amide bonds. The number of nitrogens with zero attached hydrogens (tertiary/aromatic N) is 3. The summed E-state index contributed by atoms with van der Waals surface area (Å²) < 4.78 is 1.98. The van der Waals surface area contributed by atoms with Crippen LogP contribution in [0.25, 0.3) is 11.0 Å². The standard InChI is InChI=1S/C21H29N5O4/c1-5-13(4)17(18(27)23-16(12(2)3)19(28)29)24-21(30)26-11-10-25-15-9-7-6-8-14(15)22-20(25)26/h6-9,12-13,16-17H,5,10-11H2,1-4H3,(H,23,27)(H,24,30)(H,28,29). The molecule has 0 bridgehead atoms. The van der Waals surface area contributed by atoms with E-state index in [-0.39, 0.29) is 11.8 Å². The summed E-state index contributed by atoms with van der Waals surface area (Å²) >= 11 is 0. The minimum atomic E-state index is -1.10. The average Bonchev–Trinajstić information content (AvgIpc) is 3.28. The molecule has 1 aromatic carbocycles. The second-order valence-corrected chi connectivity index (χ2v) is 8.09. The molecular formula is C21H29N5O4. The lowest BCUT2D eigenvalue weighted by atomic mass is 9.97. The normalized spacial score (nSPS) is 16.2. The molecular weight excluding hydrogens is 386 g/mol. The number of anilines is 1. The first-order valence-electron chi connectivity index (χ1n) is 10.3. The van der Waals surface area contributed by atoms with Crippen LogP contribution in [0.5, 0.6) is 0 Å². The number of imidazole rings is 1. The maximum absolute atomic E-state index is 13.0. The van der Waals surface area contributed by atoms with E-state index in [1.807, 2.05) is 42.7 Å². The molecule has 1 aliphatic heterocycles. The van der Waals surface area contributed by atoms with Crippen molar-refractivity contribution in [2.45, 2.75) is 52.7 Å². The van der Waals surface area contributed by atoms with E-state index in [0.29, 0.717) is 25.5 Å². The zero-order valence-electron chi connectivity index (χ0n) is 17.8. The van der Waals surface area contributed by atoms with E-state index in [2.05, 4.69) is 15.6 Å². The molecule has 1 aromatic heterocycles. The van der Waals surface area contributed by atoms with E-state index in [1.54, 1.807) is 13.8 Å². The Morgan fingerprint density at radius 2 is 1.80 bits per heavy atom. The van der Waals surface area contributed by atoms with E-state index < -0.39 is 30.0 Å². The summed E-state index contributed by atoms with van der Waals surface area (Å²) in [6.07, 6.45) is 0.649. The van der Waals surface area contributed by atoms with Gasteiger partial charge in [-0.1, -0.05) is 46.2 Å². The molecule has 162 valence electrons. The van der Waals surface area contributed by atoms with Crippen LogP contribution in [-0.2, 0) is 16.1 Å². The summed E-state index contributed by atoms with van der Waals surface area (Å²) in [6, 6.07) is 5.40. The molecule has 2 heterocycles. The van der Waals surface area contributed by atoms with Crippen molar-refractivity contribution in [1.29, 1.82) is 0 Å². The molecule has 30 heavy (non-hydrogen) atoms. The van der Waals surface area contributed by atoms with Gasteiger partial charge in [-0.05, 0) is 24.0 Å². The molecule has 0 fully saturated rings. The van der Waals surface area contributed by atoms with Gasteiger partial charge in [0.1, 0.15) is 12.1 Å². The minimum Gasteiger partial charge on any atom is -0.480 e. The number of carboxylic acids is 1. The number of aliphatic carboxylic acids is 1. The van der Waals surface area contributed by atoms with Gasteiger partial charge in [-0.2, -0.15) is 0 Å². The van der Waals surface area contributed by atoms with Gasteiger partial charge in [-0.15, -0.1) is 0 Å². The van der Waals surface area contributed by atoms with E-state index in [0.717, 1.165) is 11.0 Å². The lowest BCUT2D eigenvalue weighted by molar-refractivity contribution is -0.143. The van der Waals surface area contributed by atoms with Gasteiger partial charge in [-0.25, -0.2) is 14.6 Å². The van der Waals surface area contributed by atoms with Gasteiger partial charge < -0.3 is 20.3 Å². The molecule has 3 N–H and O–H groups in total. The van der Waals surface area contributed by atoms with Gasteiger partial charge in [0.25, 0.3) is 0 Å². The number of carboxylic acid groups (broad SMARTS) is 1. The number of rotatable bonds is 7. The molecule has 1 aliphatic rings. The molecule has 0 saturated carbocycles. The van der Waals surface area contributed by atoms with Crippen molar-refractivity contribution in [2.75, 3.05) is 11.4 Å². The van der Waals surface area contributed by atoms with Crippen molar-refractivity contribution in [3.63, 3.8) is 0 Å². The maximum atomic E-state index is 13.0. The Bertz CT molecular complexity index is 954. The number of hydrogen-bond donors (Lipinski definition) is 3. The molecule has 0 spiro atoms. The largest absolute Gasteiger partial charge is 0.480 e. The Morgan fingerprint density at radius 3 is 2.43 bits per heavy atom. The highest BCUT2D eigenvalue weighted by Crippen LogP contribution is 2.27. The van der Waals surface area contributed by atoms with Crippen LogP contribution in [-0.4, -0.2) is 51.2 Å². The number of fused-ring (bicyclic) bond motifs is 3. The monoisotopic (exact) mass is 415 g/mol. The fourth-order valence-electron chi connectivity index (χ4n) is 3.65. The Hall–Kier alpha value is -3.10. The Balaban J connectivity index is 1.78. The lowest BCUT2D eigenvalue weighted by Gasteiger charge is -2.28. The number of benzene rings is 1. The number of para-hydroxylation sites is 2. The predicted octanol–water partition coefficient (Wildman–Crippen LogP) is 2.21. The summed E-state index contributed by atoms with van der Waals surface area (Å²) in [5.74, 6) is -1.50. The number of hydrogen-bond acceptors (Lipinski definition) is 4. The number of carbonyl (C=O) groups is 3. The van der Waals surface area contributed by atoms with Crippen LogP contribution in [0.1, 0.15) is 34.1 Å². The van der Waals surface area contributed by atoms with Crippen LogP contribution in [0.15, 0.2) is 24.3 Å². The molecule has 0 saturated heterocycles. The van der Waals surface area contributed by atoms with Crippen molar-refractivity contribution in [1.82, 2.24) is 20.2 Å². The zero-order valence-corrected chi connectivity index (χ0v) is 17.8. The first-order chi connectivity index (χ1) is 14.2. The number of aromatic nitrogens is 2. The second-order valence-electron chi connectivity index (χ2n) is 8.09. The van der Waals surface area contributed by atoms with Gasteiger partial charge in [0.2, 0.25) is 11.9 Å². The van der Waals surface area contributed by atoms with Gasteiger partial charge in [-0.3, -0.25) is 9.69 Å². The van der Waals surface area contributed by atoms with Crippen molar-refractivity contribution in [3.05, 3.63) is 24.3 Å². The first-order valence-corrected chi connectivity index (χ1v) is 10.3. The molecule has 3 atom stereocenters.